The van der Waals surface area contributed by atoms with Gasteiger partial charge in [0.1, 0.15) is 6.04 Å². The number of esters is 1. The molecule has 0 aromatic heterocycles. The number of carbonyl (C=O) groups excluding carboxylic acids is 1. The van der Waals surface area contributed by atoms with Crippen molar-refractivity contribution in [3.05, 3.63) is 0 Å². The van der Waals surface area contributed by atoms with Gasteiger partial charge >= 0.3 is 5.97 Å². The van der Waals surface area contributed by atoms with E-state index in [0.717, 1.165) is 32.2 Å². The molecule has 0 bridgehead atoms. The second kappa shape index (κ2) is 7.80. The van der Waals surface area contributed by atoms with Crippen LogP contribution in [0.25, 0.3) is 0 Å². The Labute approximate surface area is 87.4 Å². The van der Waals surface area contributed by atoms with Gasteiger partial charge in [0.05, 0.1) is 7.11 Å². The van der Waals surface area contributed by atoms with Crippen molar-refractivity contribution >= 4 is 5.97 Å². The Morgan fingerprint density at radius 1 is 1.36 bits per heavy atom. The first kappa shape index (κ1) is 13.4. The van der Waals surface area contributed by atoms with Gasteiger partial charge in [0, 0.05) is 0 Å². The summed E-state index contributed by atoms with van der Waals surface area (Å²) in [7, 11) is 3.45. The molecule has 1 unspecified atom stereocenters. The highest BCUT2D eigenvalue weighted by molar-refractivity contribution is 5.75. The Morgan fingerprint density at radius 2 is 2.00 bits per heavy atom. The fraction of sp³-hybridized carbons (Fsp3) is 0.909. The number of hydrogen-bond donors (Lipinski definition) is 0. The first-order chi connectivity index (χ1) is 6.67. The van der Waals surface area contributed by atoms with Crippen LogP contribution in [-0.4, -0.2) is 37.6 Å². The van der Waals surface area contributed by atoms with Crippen molar-refractivity contribution in [1.29, 1.82) is 0 Å². The summed E-state index contributed by atoms with van der Waals surface area (Å²) in [5.41, 5.74) is 0. The molecule has 0 aliphatic rings. The number of likely N-dealkylation sites (N-methyl/N-ethyl adjacent to an activating group) is 1. The predicted octanol–water partition coefficient (Wildman–Crippen LogP) is 2.06. The molecule has 0 aliphatic carbocycles. The Kier molecular flexibility index (Phi) is 7.48. The normalized spacial score (nSPS) is 12.9. The van der Waals surface area contributed by atoms with Crippen molar-refractivity contribution in [2.24, 2.45) is 0 Å². The number of ether oxygens (including phenoxy) is 1. The lowest BCUT2D eigenvalue weighted by Crippen LogP contribution is -2.39. The van der Waals surface area contributed by atoms with Crippen LogP contribution in [0.4, 0.5) is 0 Å². The largest absolute Gasteiger partial charge is 0.468 e. The van der Waals surface area contributed by atoms with E-state index in [4.69, 9.17) is 4.74 Å². The highest BCUT2D eigenvalue weighted by atomic mass is 16.5. The van der Waals surface area contributed by atoms with Crippen molar-refractivity contribution in [3.63, 3.8) is 0 Å². The predicted molar refractivity (Wildman–Crippen MR) is 58.3 cm³/mol. The lowest BCUT2D eigenvalue weighted by atomic mass is 10.1. The zero-order valence-corrected chi connectivity index (χ0v) is 9.88. The molecule has 0 saturated carbocycles. The molecule has 3 heteroatoms. The second-order valence-corrected chi connectivity index (χ2v) is 3.66. The summed E-state index contributed by atoms with van der Waals surface area (Å²) in [4.78, 5) is 13.6. The zero-order chi connectivity index (χ0) is 11.0. The third kappa shape index (κ3) is 4.61. The van der Waals surface area contributed by atoms with E-state index in [-0.39, 0.29) is 12.0 Å². The van der Waals surface area contributed by atoms with Gasteiger partial charge in [-0.05, 0) is 26.4 Å². The van der Waals surface area contributed by atoms with E-state index < -0.39 is 0 Å². The first-order valence-electron chi connectivity index (χ1n) is 5.45. The van der Waals surface area contributed by atoms with Crippen LogP contribution in [0, 0.1) is 0 Å². The Balaban J connectivity index is 4.14. The summed E-state index contributed by atoms with van der Waals surface area (Å²) in [5.74, 6) is -0.102. The Bertz CT molecular complexity index is 159. The maximum absolute atomic E-state index is 11.5. The second-order valence-electron chi connectivity index (χ2n) is 3.66. The van der Waals surface area contributed by atoms with E-state index in [9.17, 15) is 4.79 Å². The molecule has 0 rings (SSSR count). The summed E-state index contributed by atoms with van der Waals surface area (Å²) in [6.07, 6.45) is 4.16. The topological polar surface area (TPSA) is 29.5 Å². The molecule has 0 radical (unpaired) electrons. The lowest BCUT2D eigenvalue weighted by Gasteiger charge is -2.25. The average Bonchev–Trinajstić information content (AvgIpc) is 2.18. The van der Waals surface area contributed by atoms with Crippen LogP contribution in [0.1, 0.15) is 39.5 Å². The summed E-state index contributed by atoms with van der Waals surface area (Å²) in [6, 6.07) is -0.0556. The third-order valence-corrected chi connectivity index (χ3v) is 2.41. The van der Waals surface area contributed by atoms with Crippen LogP contribution in [0.5, 0.6) is 0 Å². The van der Waals surface area contributed by atoms with E-state index in [2.05, 4.69) is 18.7 Å². The minimum atomic E-state index is -0.102. The average molecular weight is 201 g/mol. The van der Waals surface area contributed by atoms with Crippen LogP contribution in [-0.2, 0) is 9.53 Å². The van der Waals surface area contributed by atoms with Gasteiger partial charge in [-0.1, -0.05) is 26.7 Å². The van der Waals surface area contributed by atoms with E-state index >= 15 is 0 Å². The highest BCUT2D eigenvalue weighted by Gasteiger charge is 2.22. The zero-order valence-electron chi connectivity index (χ0n) is 9.88. The van der Waals surface area contributed by atoms with Gasteiger partial charge in [0.25, 0.3) is 0 Å². The van der Waals surface area contributed by atoms with Crippen LogP contribution >= 0.6 is 0 Å². The molecule has 0 heterocycles. The van der Waals surface area contributed by atoms with Crippen LogP contribution in [0.15, 0.2) is 0 Å². The van der Waals surface area contributed by atoms with E-state index in [1.54, 1.807) is 0 Å². The fourth-order valence-electron chi connectivity index (χ4n) is 1.56. The van der Waals surface area contributed by atoms with Gasteiger partial charge < -0.3 is 4.74 Å². The molecule has 0 saturated heterocycles. The standard InChI is InChI=1S/C11H23NO2/c1-5-7-8-10(11(13)14-4)12(3)9-6-2/h10H,5-9H2,1-4H3. The first-order valence-corrected chi connectivity index (χ1v) is 5.45. The molecule has 0 spiro atoms. The molecule has 0 amide bonds. The van der Waals surface area contributed by atoms with Crippen molar-refractivity contribution < 1.29 is 9.53 Å². The van der Waals surface area contributed by atoms with Crippen molar-refractivity contribution in [1.82, 2.24) is 4.90 Å². The number of carbonyl (C=O) groups is 1. The number of unbranched alkanes of at least 4 members (excludes halogenated alkanes) is 1. The molecule has 0 aromatic rings. The molecule has 14 heavy (non-hydrogen) atoms. The number of rotatable bonds is 7. The van der Waals surface area contributed by atoms with Crippen LogP contribution < -0.4 is 0 Å². The van der Waals surface area contributed by atoms with Crippen molar-refractivity contribution in [2.45, 2.75) is 45.6 Å². The molecule has 0 aromatic carbocycles. The SMILES string of the molecule is CCCCC(C(=O)OC)N(C)CCC. The summed E-state index contributed by atoms with van der Waals surface area (Å²) in [6.45, 7) is 5.20. The number of hydrogen-bond acceptors (Lipinski definition) is 3. The van der Waals surface area contributed by atoms with Crippen LogP contribution in [0.2, 0.25) is 0 Å². The van der Waals surface area contributed by atoms with E-state index in [1.807, 2.05) is 7.05 Å². The van der Waals surface area contributed by atoms with Crippen molar-refractivity contribution in [3.8, 4) is 0 Å². The van der Waals surface area contributed by atoms with Gasteiger partial charge in [-0.2, -0.15) is 0 Å². The van der Waals surface area contributed by atoms with E-state index in [0.29, 0.717) is 0 Å². The van der Waals surface area contributed by atoms with Crippen LogP contribution in [0.3, 0.4) is 0 Å². The smallest absolute Gasteiger partial charge is 0.323 e. The monoisotopic (exact) mass is 201 g/mol. The van der Waals surface area contributed by atoms with Crippen molar-refractivity contribution in [2.75, 3.05) is 20.7 Å². The van der Waals surface area contributed by atoms with Gasteiger partial charge in [-0.25, -0.2) is 0 Å². The van der Waals surface area contributed by atoms with Gasteiger partial charge in [-0.3, -0.25) is 9.69 Å². The minimum Gasteiger partial charge on any atom is -0.468 e. The number of nitrogens with zero attached hydrogens (tertiary/aromatic N) is 1. The Morgan fingerprint density at radius 3 is 2.43 bits per heavy atom. The molecule has 0 N–H and O–H groups in total. The summed E-state index contributed by atoms with van der Waals surface area (Å²) in [5, 5.41) is 0. The molecule has 0 aliphatic heterocycles. The minimum absolute atomic E-state index is 0.0556. The molecule has 0 fully saturated rings. The molecule has 84 valence electrons. The molecule has 3 nitrogen and oxygen atoms in total. The quantitative estimate of drug-likeness (QED) is 0.590. The van der Waals surface area contributed by atoms with Gasteiger partial charge in [0.2, 0.25) is 0 Å². The summed E-state index contributed by atoms with van der Waals surface area (Å²) >= 11 is 0. The van der Waals surface area contributed by atoms with Gasteiger partial charge in [0.15, 0.2) is 0 Å². The Hall–Kier alpha value is -0.570. The maximum atomic E-state index is 11.5. The lowest BCUT2D eigenvalue weighted by molar-refractivity contribution is -0.146. The molecule has 1 atom stereocenters. The molecular weight excluding hydrogens is 178 g/mol. The molecular formula is C11H23NO2. The maximum Gasteiger partial charge on any atom is 0.323 e. The highest BCUT2D eigenvalue weighted by Crippen LogP contribution is 2.09. The van der Waals surface area contributed by atoms with Gasteiger partial charge in [-0.15, -0.1) is 0 Å². The number of methoxy groups -OCH3 is 1. The third-order valence-electron chi connectivity index (χ3n) is 2.41. The summed E-state index contributed by atoms with van der Waals surface area (Å²) < 4.78 is 4.80. The van der Waals surface area contributed by atoms with E-state index in [1.165, 1.54) is 7.11 Å². The fourth-order valence-corrected chi connectivity index (χ4v) is 1.56.